The molecular weight excluding hydrogens is 402 g/mol. The van der Waals surface area contributed by atoms with Gasteiger partial charge in [-0.3, -0.25) is 4.79 Å². The second kappa shape index (κ2) is 14.5. The molecule has 0 aliphatic rings. The van der Waals surface area contributed by atoms with Gasteiger partial charge in [-0.25, -0.2) is 0 Å². The number of esters is 1. The molecule has 1 unspecified atom stereocenters. The van der Waals surface area contributed by atoms with E-state index in [0.29, 0.717) is 39.4 Å². The van der Waals surface area contributed by atoms with Crippen molar-refractivity contribution in [3.05, 3.63) is 0 Å². The van der Waals surface area contributed by atoms with E-state index in [1.807, 2.05) is 62.3 Å². The van der Waals surface area contributed by atoms with Crippen molar-refractivity contribution in [2.75, 3.05) is 39.5 Å². The molecule has 0 aliphatic carbocycles. The molecule has 0 aliphatic heterocycles. The number of nitrogens with one attached hydrogen (secondary N) is 1. The van der Waals surface area contributed by atoms with E-state index in [9.17, 15) is 4.79 Å². The molecule has 0 amide bonds. The van der Waals surface area contributed by atoms with Gasteiger partial charge in [0.05, 0.1) is 18.1 Å². The summed E-state index contributed by atoms with van der Waals surface area (Å²) in [6, 6.07) is 0.759. The molecule has 0 saturated carbocycles. The monoisotopic (exact) mass is 449 g/mol. The van der Waals surface area contributed by atoms with Gasteiger partial charge < -0.3 is 28.1 Å². The third kappa shape index (κ3) is 13.7. The summed E-state index contributed by atoms with van der Waals surface area (Å²) in [4.78, 5) is 12.4. The normalized spacial score (nSPS) is 14.0. The Bertz CT molecular complexity index is 450. The van der Waals surface area contributed by atoms with Gasteiger partial charge in [0.2, 0.25) is 0 Å². The van der Waals surface area contributed by atoms with E-state index in [2.05, 4.69) is 5.32 Å². The second-order valence-electron chi connectivity index (χ2n) is 9.08. The molecule has 0 rings (SSSR count). The van der Waals surface area contributed by atoms with E-state index < -0.39 is 14.4 Å². The van der Waals surface area contributed by atoms with Crippen molar-refractivity contribution in [1.29, 1.82) is 0 Å². The molecule has 0 heterocycles. The highest BCUT2D eigenvalue weighted by Crippen LogP contribution is 2.20. The third-order valence-corrected chi connectivity index (χ3v) is 7.55. The maximum atomic E-state index is 12.4. The molecule has 1 N–H and O–H groups in total. The Hall–Kier alpha value is -0.513. The number of rotatable bonds is 17. The maximum Gasteiger partial charge on any atom is 0.500 e. The molecule has 1 atom stereocenters. The van der Waals surface area contributed by atoms with E-state index in [4.69, 9.17) is 22.8 Å². The summed E-state index contributed by atoms with van der Waals surface area (Å²) in [6.07, 6.45) is 1.53. The lowest BCUT2D eigenvalue weighted by atomic mass is 10.0. The van der Waals surface area contributed by atoms with Crippen molar-refractivity contribution in [1.82, 2.24) is 5.32 Å². The van der Waals surface area contributed by atoms with Gasteiger partial charge in [0.15, 0.2) is 0 Å². The lowest BCUT2D eigenvalue weighted by Gasteiger charge is -2.29. The van der Waals surface area contributed by atoms with Gasteiger partial charge in [0.25, 0.3) is 0 Å². The minimum absolute atomic E-state index is 0.190. The lowest BCUT2D eigenvalue weighted by Crippen LogP contribution is -2.46. The molecule has 0 bridgehead atoms. The van der Waals surface area contributed by atoms with Gasteiger partial charge in [-0.15, -0.1) is 0 Å². The fourth-order valence-electron chi connectivity index (χ4n) is 2.86. The Morgan fingerprint density at radius 3 is 1.97 bits per heavy atom. The van der Waals surface area contributed by atoms with Crippen LogP contribution < -0.4 is 5.32 Å². The maximum absolute atomic E-state index is 12.4. The van der Waals surface area contributed by atoms with Crippen LogP contribution in [0.4, 0.5) is 0 Å². The fourth-order valence-corrected chi connectivity index (χ4v) is 5.47. The first-order chi connectivity index (χ1) is 13.9. The summed E-state index contributed by atoms with van der Waals surface area (Å²) < 4.78 is 29.1. The molecule has 0 aromatic rings. The number of ether oxygens (including phenoxy) is 2. The Kier molecular flexibility index (Phi) is 14.3. The highest BCUT2D eigenvalue weighted by molar-refractivity contribution is 6.60. The van der Waals surface area contributed by atoms with Crippen LogP contribution in [0.5, 0.6) is 0 Å². The zero-order chi connectivity index (χ0) is 23.3. The molecule has 0 aromatic heterocycles. The first-order valence-corrected chi connectivity index (χ1v) is 13.3. The quantitative estimate of drug-likeness (QED) is 0.203. The highest BCUT2D eigenvalue weighted by atomic mass is 28.4. The molecule has 0 aromatic carbocycles. The number of hydrogen-bond acceptors (Lipinski definition) is 7. The van der Waals surface area contributed by atoms with Gasteiger partial charge in [-0.1, -0.05) is 6.92 Å². The van der Waals surface area contributed by atoms with Crippen molar-refractivity contribution >= 4 is 14.8 Å². The van der Waals surface area contributed by atoms with E-state index in [1.54, 1.807) is 0 Å². The average molecular weight is 450 g/mol. The highest BCUT2D eigenvalue weighted by Gasteiger charge is 2.39. The Labute approximate surface area is 185 Å². The number of carbonyl (C=O) groups is 1. The van der Waals surface area contributed by atoms with Crippen LogP contribution in [-0.2, 0) is 27.5 Å². The van der Waals surface area contributed by atoms with Crippen molar-refractivity contribution < 1.29 is 27.5 Å². The molecule has 30 heavy (non-hydrogen) atoms. The van der Waals surface area contributed by atoms with Crippen LogP contribution in [0, 0.1) is 5.92 Å². The van der Waals surface area contributed by atoms with E-state index in [-0.39, 0.29) is 17.5 Å². The predicted molar refractivity (Wildman–Crippen MR) is 123 cm³/mol. The minimum Gasteiger partial charge on any atom is -0.459 e. The lowest BCUT2D eigenvalue weighted by molar-refractivity contribution is -0.163. The zero-order valence-electron chi connectivity index (χ0n) is 20.9. The van der Waals surface area contributed by atoms with Crippen LogP contribution in [0.3, 0.4) is 0 Å². The van der Waals surface area contributed by atoms with E-state index in [0.717, 1.165) is 19.0 Å². The van der Waals surface area contributed by atoms with E-state index >= 15 is 0 Å². The topological polar surface area (TPSA) is 75.3 Å². The molecule has 7 nitrogen and oxygen atoms in total. The summed E-state index contributed by atoms with van der Waals surface area (Å²) in [5.74, 6) is -0.412. The molecule has 180 valence electrons. The Balaban J connectivity index is 4.30. The molecule has 0 saturated heterocycles. The van der Waals surface area contributed by atoms with Crippen LogP contribution >= 0.6 is 0 Å². The smallest absolute Gasteiger partial charge is 0.459 e. The summed E-state index contributed by atoms with van der Waals surface area (Å²) >= 11 is 0. The summed E-state index contributed by atoms with van der Waals surface area (Å²) in [6.45, 7) is 21.3. The van der Waals surface area contributed by atoms with Gasteiger partial charge in [0, 0.05) is 38.8 Å². The fraction of sp³-hybridized carbons (Fsp3) is 0.955. The van der Waals surface area contributed by atoms with Crippen molar-refractivity contribution in [2.45, 2.75) is 92.4 Å². The summed E-state index contributed by atoms with van der Waals surface area (Å²) in [5, 5.41) is 3.34. The van der Waals surface area contributed by atoms with Crippen LogP contribution in [-0.4, -0.2) is 65.5 Å². The standard InChI is InChI=1S/C22H47NO6Si/c1-10-26-30(27-11-2,28-12-3)17-13-15-23-18-19(4)20(24)29-22(8,9)14-16-25-21(5,6)7/h19,23H,10-18H2,1-9H3. The number of carbonyl (C=O) groups excluding carboxylic acids is 1. The number of hydrogen-bond donors (Lipinski definition) is 1. The van der Waals surface area contributed by atoms with Crippen LogP contribution in [0.1, 0.15) is 75.2 Å². The van der Waals surface area contributed by atoms with Gasteiger partial charge >= 0.3 is 14.8 Å². The van der Waals surface area contributed by atoms with Gasteiger partial charge in [-0.05, 0) is 68.4 Å². The third-order valence-electron chi connectivity index (χ3n) is 4.40. The Morgan fingerprint density at radius 2 is 1.50 bits per heavy atom. The predicted octanol–water partition coefficient (Wildman–Crippen LogP) is 4.18. The molecule has 0 radical (unpaired) electrons. The van der Waals surface area contributed by atoms with Crippen LogP contribution in [0.2, 0.25) is 6.04 Å². The molecular formula is C22H47NO6Si. The molecule has 0 fully saturated rings. The first-order valence-electron chi connectivity index (χ1n) is 11.4. The van der Waals surface area contributed by atoms with Crippen molar-refractivity contribution in [2.24, 2.45) is 5.92 Å². The summed E-state index contributed by atoms with van der Waals surface area (Å²) in [5.41, 5.74) is -0.738. The minimum atomic E-state index is -2.60. The largest absolute Gasteiger partial charge is 0.500 e. The Morgan fingerprint density at radius 1 is 0.967 bits per heavy atom. The van der Waals surface area contributed by atoms with Crippen LogP contribution in [0.25, 0.3) is 0 Å². The van der Waals surface area contributed by atoms with Gasteiger partial charge in [0.1, 0.15) is 5.60 Å². The SMILES string of the molecule is CCO[Si](CCCNCC(C)C(=O)OC(C)(C)CCOC(C)(C)C)(OCC)OCC. The first kappa shape index (κ1) is 29.5. The summed E-state index contributed by atoms with van der Waals surface area (Å²) in [7, 11) is -2.60. The van der Waals surface area contributed by atoms with Gasteiger partial charge in [-0.2, -0.15) is 0 Å². The zero-order valence-corrected chi connectivity index (χ0v) is 21.9. The van der Waals surface area contributed by atoms with Crippen LogP contribution in [0.15, 0.2) is 0 Å². The molecule has 0 spiro atoms. The average Bonchev–Trinajstić information content (AvgIpc) is 2.60. The van der Waals surface area contributed by atoms with Crippen molar-refractivity contribution in [3.8, 4) is 0 Å². The molecule has 8 heteroatoms. The second-order valence-corrected chi connectivity index (χ2v) is 11.8. The van der Waals surface area contributed by atoms with E-state index in [1.165, 1.54) is 0 Å². The van der Waals surface area contributed by atoms with Crippen molar-refractivity contribution in [3.63, 3.8) is 0 Å².